The number of para-hydroxylation sites is 1. The van der Waals surface area contributed by atoms with Gasteiger partial charge in [0, 0.05) is 38.4 Å². The quantitative estimate of drug-likeness (QED) is 0.470. The summed E-state index contributed by atoms with van der Waals surface area (Å²) in [6, 6.07) is 12.0. The predicted octanol–water partition coefficient (Wildman–Crippen LogP) is 4.31. The van der Waals surface area contributed by atoms with Crippen molar-refractivity contribution in [2.24, 2.45) is 7.05 Å². The molecule has 0 radical (unpaired) electrons. The fraction of sp³-hybridized carbons (Fsp3) is 0.261. The number of aromatic nitrogens is 4. The number of imidazole rings is 1. The highest BCUT2D eigenvalue weighted by Gasteiger charge is 2.16. The number of nitrogens with zero attached hydrogens (tertiary/aromatic N) is 5. The first-order chi connectivity index (χ1) is 15.6. The van der Waals surface area contributed by atoms with E-state index in [2.05, 4.69) is 20.5 Å². The Morgan fingerprint density at radius 1 is 1.09 bits per heavy atom. The highest BCUT2D eigenvalue weighted by Crippen LogP contribution is 2.33. The normalized spacial score (nSPS) is 14.0. The third kappa shape index (κ3) is 3.83. The molecule has 0 atom stereocenters. The SMILES string of the molecule is CNc1nc(Nc2ccc(N3CCOCC3)c(Cl)c2)cnc1-c1cccc2c1ncn2C. The number of ether oxygens (including phenoxy) is 1. The lowest BCUT2D eigenvalue weighted by Crippen LogP contribution is -2.36. The van der Waals surface area contributed by atoms with Crippen molar-refractivity contribution in [2.45, 2.75) is 0 Å². The Balaban J connectivity index is 1.42. The zero-order valence-electron chi connectivity index (χ0n) is 18.0. The van der Waals surface area contributed by atoms with E-state index in [1.54, 1.807) is 12.5 Å². The maximum absolute atomic E-state index is 6.57. The van der Waals surface area contributed by atoms with Crippen molar-refractivity contribution in [1.82, 2.24) is 19.5 Å². The number of rotatable bonds is 5. The van der Waals surface area contributed by atoms with Gasteiger partial charge in [-0.2, -0.15) is 0 Å². The van der Waals surface area contributed by atoms with Crippen LogP contribution in [0.3, 0.4) is 0 Å². The Kier molecular flexibility index (Phi) is 5.55. The summed E-state index contributed by atoms with van der Waals surface area (Å²) < 4.78 is 7.42. The van der Waals surface area contributed by atoms with E-state index in [1.165, 1.54) is 0 Å². The Bertz CT molecular complexity index is 1270. The molecule has 3 heterocycles. The fourth-order valence-corrected chi connectivity index (χ4v) is 4.26. The molecule has 0 aliphatic carbocycles. The van der Waals surface area contributed by atoms with Gasteiger partial charge in [0.15, 0.2) is 11.6 Å². The van der Waals surface area contributed by atoms with Crippen LogP contribution in [0.4, 0.5) is 23.0 Å². The van der Waals surface area contributed by atoms with Crippen LogP contribution in [0.25, 0.3) is 22.3 Å². The van der Waals surface area contributed by atoms with E-state index in [0.717, 1.165) is 60.0 Å². The number of nitrogens with one attached hydrogen (secondary N) is 2. The fourth-order valence-electron chi connectivity index (χ4n) is 3.96. The summed E-state index contributed by atoms with van der Waals surface area (Å²) in [5.41, 5.74) is 5.49. The smallest absolute Gasteiger partial charge is 0.154 e. The molecule has 164 valence electrons. The largest absolute Gasteiger partial charge is 0.378 e. The second kappa shape index (κ2) is 8.64. The van der Waals surface area contributed by atoms with Crippen LogP contribution < -0.4 is 15.5 Å². The number of hydrogen-bond donors (Lipinski definition) is 2. The minimum atomic E-state index is 0.626. The molecule has 1 aliphatic rings. The van der Waals surface area contributed by atoms with Gasteiger partial charge < -0.3 is 24.8 Å². The summed E-state index contributed by atoms with van der Waals surface area (Å²) in [6.45, 7) is 3.12. The molecular weight excluding hydrogens is 426 g/mol. The predicted molar refractivity (Wildman–Crippen MR) is 129 cm³/mol. The molecule has 1 aliphatic heterocycles. The monoisotopic (exact) mass is 449 g/mol. The summed E-state index contributed by atoms with van der Waals surface area (Å²) in [5, 5.41) is 7.16. The number of halogens is 1. The molecule has 4 aromatic rings. The Labute approximate surface area is 191 Å². The molecule has 0 bridgehead atoms. The van der Waals surface area contributed by atoms with Gasteiger partial charge in [-0.3, -0.25) is 0 Å². The number of anilines is 4. The van der Waals surface area contributed by atoms with Gasteiger partial charge >= 0.3 is 0 Å². The van der Waals surface area contributed by atoms with Crippen molar-refractivity contribution >= 4 is 45.6 Å². The van der Waals surface area contributed by atoms with Crippen molar-refractivity contribution in [1.29, 1.82) is 0 Å². The minimum absolute atomic E-state index is 0.626. The standard InChI is InChI=1S/C23H24ClN7O/c1-25-23-22(16-4-3-5-19-21(16)27-14-30(19)2)26-13-20(29-23)28-15-6-7-18(17(24)12-15)31-8-10-32-11-9-31/h3-7,12-14H,8-11H2,1-2H3,(H2,25,28,29). The summed E-state index contributed by atoms with van der Waals surface area (Å²) >= 11 is 6.57. The van der Waals surface area contributed by atoms with Crippen molar-refractivity contribution < 1.29 is 4.74 Å². The number of hydrogen-bond acceptors (Lipinski definition) is 7. The molecule has 2 N–H and O–H groups in total. The van der Waals surface area contributed by atoms with Crippen LogP contribution >= 0.6 is 11.6 Å². The van der Waals surface area contributed by atoms with Gasteiger partial charge in [-0.25, -0.2) is 15.0 Å². The lowest BCUT2D eigenvalue weighted by molar-refractivity contribution is 0.122. The molecule has 32 heavy (non-hydrogen) atoms. The molecule has 2 aromatic heterocycles. The van der Waals surface area contributed by atoms with E-state index in [-0.39, 0.29) is 0 Å². The third-order valence-corrected chi connectivity index (χ3v) is 5.89. The highest BCUT2D eigenvalue weighted by molar-refractivity contribution is 6.33. The van der Waals surface area contributed by atoms with Crippen LogP contribution in [-0.4, -0.2) is 52.9 Å². The molecule has 0 saturated carbocycles. The van der Waals surface area contributed by atoms with Gasteiger partial charge in [-0.1, -0.05) is 23.7 Å². The topological polar surface area (TPSA) is 80.1 Å². The maximum Gasteiger partial charge on any atom is 0.154 e. The number of morpholine rings is 1. The first kappa shape index (κ1) is 20.5. The molecule has 1 fully saturated rings. The zero-order valence-corrected chi connectivity index (χ0v) is 18.7. The second-order valence-corrected chi connectivity index (χ2v) is 8.03. The second-order valence-electron chi connectivity index (χ2n) is 7.62. The number of benzene rings is 2. The van der Waals surface area contributed by atoms with Crippen LogP contribution in [-0.2, 0) is 11.8 Å². The van der Waals surface area contributed by atoms with Crippen molar-refractivity contribution in [3.63, 3.8) is 0 Å². The summed E-state index contributed by atoms with van der Waals surface area (Å²) in [4.78, 5) is 16.2. The molecular formula is C23H24ClN7O. The Morgan fingerprint density at radius 2 is 1.94 bits per heavy atom. The van der Waals surface area contributed by atoms with E-state index in [9.17, 15) is 0 Å². The number of aryl methyl sites for hydroxylation is 1. The average molecular weight is 450 g/mol. The van der Waals surface area contributed by atoms with Crippen molar-refractivity contribution in [3.05, 3.63) is 53.9 Å². The molecule has 1 saturated heterocycles. The molecule has 5 rings (SSSR count). The maximum atomic E-state index is 6.57. The molecule has 0 unspecified atom stereocenters. The average Bonchev–Trinajstić information content (AvgIpc) is 3.21. The third-order valence-electron chi connectivity index (χ3n) is 5.59. The summed E-state index contributed by atoms with van der Waals surface area (Å²) in [5.74, 6) is 1.30. The summed E-state index contributed by atoms with van der Waals surface area (Å²) in [6.07, 6.45) is 3.53. The van der Waals surface area contributed by atoms with Gasteiger partial charge in [0.2, 0.25) is 0 Å². The van der Waals surface area contributed by atoms with Crippen molar-refractivity contribution in [3.8, 4) is 11.3 Å². The van der Waals surface area contributed by atoms with Gasteiger partial charge in [-0.15, -0.1) is 0 Å². The molecule has 8 nitrogen and oxygen atoms in total. The summed E-state index contributed by atoms with van der Waals surface area (Å²) in [7, 11) is 3.82. The van der Waals surface area contributed by atoms with Crippen molar-refractivity contribution in [2.75, 3.05) is 48.9 Å². The lowest BCUT2D eigenvalue weighted by Gasteiger charge is -2.29. The van der Waals surface area contributed by atoms with Gasteiger partial charge in [-0.05, 0) is 24.3 Å². The molecule has 2 aromatic carbocycles. The van der Waals surface area contributed by atoms with Crippen LogP contribution in [0.15, 0.2) is 48.9 Å². The molecule has 0 spiro atoms. The highest BCUT2D eigenvalue weighted by atomic mass is 35.5. The Hall–Kier alpha value is -3.36. The van der Waals surface area contributed by atoms with Crippen LogP contribution in [0.2, 0.25) is 5.02 Å². The zero-order chi connectivity index (χ0) is 22.1. The van der Waals surface area contributed by atoms with Crippen LogP contribution in [0.1, 0.15) is 0 Å². The molecule has 0 amide bonds. The minimum Gasteiger partial charge on any atom is -0.378 e. The van der Waals surface area contributed by atoms with E-state index in [4.69, 9.17) is 26.3 Å². The van der Waals surface area contributed by atoms with Crippen LogP contribution in [0.5, 0.6) is 0 Å². The molecule has 9 heteroatoms. The Morgan fingerprint density at radius 3 is 2.72 bits per heavy atom. The van der Waals surface area contributed by atoms with Gasteiger partial charge in [0.05, 0.1) is 47.5 Å². The first-order valence-electron chi connectivity index (χ1n) is 10.5. The van der Waals surface area contributed by atoms with E-state index in [1.807, 2.05) is 55.1 Å². The van der Waals surface area contributed by atoms with Gasteiger partial charge in [0.1, 0.15) is 5.69 Å². The first-order valence-corrected chi connectivity index (χ1v) is 10.9. The lowest BCUT2D eigenvalue weighted by atomic mass is 10.1. The van der Waals surface area contributed by atoms with E-state index < -0.39 is 0 Å². The number of fused-ring (bicyclic) bond motifs is 1. The van der Waals surface area contributed by atoms with Gasteiger partial charge in [0.25, 0.3) is 0 Å². The van der Waals surface area contributed by atoms with E-state index >= 15 is 0 Å². The van der Waals surface area contributed by atoms with E-state index in [0.29, 0.717) is 16.7 Å². The van der Waals surface area contributed by atoms with Crippen LogP contribution in [0, 0.1) is 0 Å².